The molecule has 0 bridgehead atoms. The van der Waals surface area contributed by atoms with Gasteiger partial charge in [-0.25, -0.2) is 0 Å². The zero-order chi connectivity index (χ0) is 17.2. The highest BCUT2D eigenvalue weighted by molar-refractivity contribution is 9.10. The summed E-state index contributed by atoms with van der Waals surface area (Å²) in [7, 11) is 2.64. The van der Waals surface area contributed by atoms with Crippen LogP contribution in [-0.2, 0) is 24.7 Å². The van der Waals surface area contributed by atoms with Crippen molar-refractivity contribution in [3.8, 4) is 0 Å². The first-order chi connectivity index (χ1) is 10.9. The molecule has 6 nitrogen and oxygen atoms in total. The second-order valence-corrected chi connectivity index (χ2v) is 6.09. The second-order valence-electron chi connectivity index (χ2n) is 5.17. The number of halogens is 1. The number of Topliss-reactive ketones (excluding diaryl/α,β-unsaturated/α-hetero) is 1. The molecule has 1 atom stereocenters. The molecule has 1 amide bonds. The molecule has 0 fully saturated rings. The lowest BCUT2D eigenvalue weighted by molar-refractivity contribution is -0.164. The first-order valence-corrected chi connectivity index (χ1v) is 7.72. The first kappa shape index (κ1) is 17.8. The second kappa shape index (κ2) is 6.92. The van der Waals surface area contributed by atoms with E-state index in [1.54, 1.807) is 24.3 Å². The lowest BCUT2D eigenvalue weighted by atomic mass is 9.90. The molecule has 0 unspecified atom stereocenters. The minimum atomic E-state index is -1.95. The minimum absolute atomic E-state index is 0.238. The molecule has 23 heavy (non-hydrogen) atoms. The van der Waals surface area contributed by atoms with Crippen LogP contribution in [0, 0.1) is 0 Å². The average molecular weight is 384 g/mol. The topological polar surface area (TPSA) is 76.1 Å². The Morgan fingerprint density at radius 2 is 2.13 bits per heavy atom. The van der Waals surface area contributed by atoms with Crippen molar-refractivity contribution in [1.29, 1.82) is 0 Å². The number of anilines is 1. The molecule has 0 radical (unpaired) electrons. The van der Waals surface area contributed by atoms with Crippen LogP contribution in [0.25, 0.3) is 0 Å². The average Bonchev–Trinajstić information content (AvgIpc) is 2.71. The Morgan fingerprint density at radius 3 is 2.70 bits per heavy atom. The minimum Gasteiger partial charge on any atom is -0.375 e. The van der Waals surface area contributed by atoms with Gasteiger partial charge in [-0.05, 0) is 18.2 Å². The van der Waals surface area contributed by atoms with Crippen LogP contribution in [0.4, 0.5) is 5.69 Å². The summed E-state index contributed by atoms with van der Waals surface area (Å²) in [5, 5.41) is 11.0. The molecule has 7 heteroatoms. The molecule has 124 valence electrons. The Bertz CT molecular complexity index is 643. The number of hydrogen-bond donors (Lipinski definition) is 1. The molecule has 1 aliphatic heterocycles. The van der Waals surface area contributed by atoms with E-state index in [0.717, 1.165) is 0 Å². The molecule has 1 heterocycles. The van der Waals surface area contributed by atoms with Crippen LogP contribution in [-0.4, -0.2) is 43.9 Å². The van der Waals surface area contributed by atoms with Gasteiger partial charge in [-0.1, -0.05) is 22.0 Å². The molecular formula is C16H18BrNO5. The summed E-state index contributed by atoms with van der Waals surface area (Å²) in [6.45, 7) is 3.86. The lowest BCUT2D eigenvalue weighted by Gasteiger charge is -2.23. The molecule has 0 spiro atoms. The highest BCUT2D eigenvalue weighted by Crippen LogP contribution is 2.43. The first-order valence-electron chi connectivity index (χ1n) is 6.92. The number of nitrogens with zero attached hydrogens (tertiary/aromatic N) is 1. The standard InChI is InChI=1S/C16H18BrNO5/c1-4-7-18-12-6-5-10(17)8-11(12)16(21,15(18)20)9-13(19)14(22-2)23-3/h4-6,8,14,21H,1,7,9H2,2-3H3/t16-/m0/s1. The van der Waals surface area contributed by atoms with Crippen molar-refractivity contribution in [2.45, 2.75) is 18.3 Å². The predicted octanol–water partition coefficient (Wildman–Crippen LogP) is 1.75. The quantitative estimate of drug-likeness (QED) is 0.573. The zero-order valence-corrected chi connectivity index (χ0v) is 14.5. The summed E-state index contributed by atoms with van der Waals surface area (Å²) in [6.07, 6.45) is -0.00414. The summed E-state index contributed by atoms with van der Waals surface area (Å²) in [5.41, 5.74) is -1.02. The Morgan fingerprint density at radius 1 is 1.48 bits per heavy atom. The highest BCUT2D eigenvalue weighted by Gasteiger charge is 2.51. The predicted molar refractivity (Wildman–Crippen MR) is 88.0 cm³/mol. The Kier molecular flexibility index (Phi) is 5.36. The number of carbonyl (C=O) groups is 2. The van der Waals surface area contributed by atoms with Gasteiger partial charge in [0, 0.05) is 30.8 Å². The van der Waals surface area contributed by atoms with Gasteiger partial charge in [-0.15, -0.1) is 6.58 Å². The Hall–Kier alpha value is -1.54. The fourth-order valence-electron chi connectivity index (χ4n) is 2.70. The van der Waals surface area contributed by atoms with Crippen molar-refractivity contribution in [3.63, 3.8) is 0 Å². The van der Waals surface area contributed by atoms with E-state index in [4.69, 9.17) is 9.47 Å². The number of ether oxygens (including phenoxy) is 2. The van der Waals surface area contributed by atoms with E-state index in [1.807, 2.05) is 0 Å². The third-order valence-electron chi connectivity index (χ3n) is 3.73. The van der Waals surface area contributed by atoms with Gasteiger partial charge in [0.25, 0.3) is 5.91 Å². The van der Waals surface area contributed by atoms with Gasteiger partial charge in [0.05, 0.1) is 12.1 Å². The van der Waals surface area contributed by atoms with Gasteiger partial charge in [0.15, 0.2) is 11.4 Å². The maximum Gasteiger partial charge on any atom is 0.264 e. The molecule has 2 rings (SSSR count). The van der Waals surface area contributed by atoms with Crippen molar-refractivity contribution in [2.75, 3.05) is 25.7 Å². The van der Waals surface area contributed by atoms with E-state index in [9.17, 15) is 14.7 Å². The maximum atomic E-state index is 12.7. The summed E-state index contributed by atoms with van der Waals surface area (Å²) in [5.74, 6) is -1.08. The number of hydrogen-bond acceptors (Lipinski definition) is 5. The molecule has 1 aromatic rings. The van der Waals surface area contributed by atoms with E-state index in [0.29, 0.717) is 15.7 Å². The number of carbonyl (C=O) groups excluding carboxylic acids is 2. The van der Waals surface area contributed by atoms with Gasteiger partial charge in [-0.3, -0.25) is 9.59 Å². The van der Waals surface area contributed by atoms with Gasteiger partial charge in [0.2, 0.25) is 6.29 Å². The van der Waals surface area contributed by atoms with Crippen molar-refractivity contribution < 1.29 is 24.2 Å². The molecule has 1 aliphatic rings. The van der Waals surface area contributed by atoms with Crippen LogP contribution >= 0.6 is 15.9 Å². The number of fused-ring (bicyclic) bond motifs is 1. The maximum absolute atomic E-state index is 12.7. The largest absolute Gasteiger partial charge is 0.375 e. The van der Waals surface area contributed by atoms with E-state index in [1.165, 1.54) is 19.1 Å². The van der Waals surface area contributed by atoms with Crippen molar-refractivity contribution in [2.24, 2.45) is 0 Å². The summed E-state index contributed by atoms with van der Waals surface area (Å²) >= 11 is 3.32. The van der Waals surface area contributed by atoms with Gasteiger partial charge >= 0.3 is 0 Å². The van der Waals surface area contributed by atoms with Gasteiger partial charge in [-0.2, -0.15) is 0 Å². The summed E-state index contributed by atoms with van der Waals surface area (Å²) < 4.78 is 10.5. The normalized spacial score (nSPS) is 20.0. The van der Waals surface area contributed by atoms with Crippen LogP contribution in [0.15, 0.2) is 35.3 Å². The molecular weight excluding hydrogens is 366 g/mol. The smallest absolute Gasteiger partial charge is 0.264 e. The van der Waals surface area contributed by atoms with Gasteiger partial charge in [0.1, 0.15) is 0 Å². The summed E-state index contributed by atoms with van der Waals surface area (Å²) in [6, 6.07) is 5.12. The Balaban J connectivity index is 2.45. The summed E-state index contributed by atoms with van der Waals surface area (Å²) in [4.78, 5) is 26.4. The van der Waals surface area contributed by atoms with Crippen LogP contribution in [0.3, 0.4) is 0 Å². The molecule has 1 aromatic carbocycles. The van der Waals surface area contributed by atoms with Crippen molar-refractivity contribution >= 4 is 33.3 Å². The van der Waals surface area contributed by atoms with E-state index in [2.05, 4.69) is 22.5 Å². The number of methoxy groups -OCH3 is 2. The lowest BCUT2D eigenvalue weighted by Crippen LogP contribution is -2.43. The number of amides is 1. The van der Waals surface area contributed by atoms with Crippen molar-refractivity contribution in [1.82, 2.24) is 0 Å². The van der Waals surface area contributed by atoms with E-state index >= 15 is 0 Å². The highest BCUT2D eigenvalue weighted by atomic mass is 79.9. The third-order valence-corrected chi connectivity index (χ3v) is 4.22. The fraction of sp³-hybridized carbons (Fsp3) is 0.375. The number of benzene rings is 1. The van der Waals surface area contributed by atoms with Crippen LogP contribution in [0.2, 0.25) is 0 Å². The zero-order valence-electron chi connectivity index (χ0n) is 12.9. The van der Waals surface area contributed by atoms with E-state index < -0.39 is 30.0 Å². The van der Waals surface area contributed by atoms with Crippen LogP contribution in [0.5, 0.6) is 0 Å². The van der Waals surface area contributed by atoms with Crippen LogP contribution < -0.4 is 4.90 Å². The number of rotatable bonds is 7. The third kappa shape index (κ3) is 3.10. The number of ketones is 1. The molecule has 0 saturated carbocycles. The van der Waals surface area contributed by atoms with Crippen LogP contribution in [0.1, 0.15) is 12.0 Å². The van der Waals surface area contributed by atoms with Gasteiger partial charge < -0.3 is 19.5 Å². The molecule has 0 saturated heterocycles. The fourth-order valence-corrected chi connectivity index (χ4v) is 3.06. The molecule has 0 aromatic heterocycles. The monoisotopic (exact) mass is 383 g/mol. The molecule has 0 aliphatic carbocycles. The van der Waals surface area contributed by atoms with E-state index in [-0.39, 0.29) is 6.54 Å². The molecule has 1 N–H and O–H groups in total. The number of aliphatic hydroxyl groups is 1. The SMILES string of the molecule is C=CCN1C(=O)[C@](O)(CC(=O)C(OC)OC)c2cc(Br)ccc21. The Labute approximate surface area is 142 Å². The van der Waals surface area contributed by atoms with Crippen molar-refractivity contribution in [3.05, 3.63) is 40.9 Å².